The molecule has 0 aromatic heterocycles. The van der Waals surface area contributed by atoms with E-state index < -0.39 is 11.7 Å². The molecule has 1 aromatic rings. The van der Waals surface area contributed by atoms with E-state index in [-0.39, 0.29) is 30.0 Å². The number of alkyl halides is 3. The molecule has 0 saturated heterocycles. The molecule has 1 fully saturated rings. The van der Waals surface area contributed by atoms with E-state index in [4.69, 9.17) is 5.73 Å². The van der Waals surface area contributed by atoms with Crippen molar-refractivity contribution >= 4 is 5.91 Å². The van der Waals surface area contributed by atoms with Crippen molar-refractivity contribution in [1.29, 1.82) is 0 Å². The maximum absolute atomic E-state index is 12.9. The molecule has 3 N–H and O–H groups in total. The largest absolute Gasteiger partial charge is 0.416 e. The molecule has 2 unspecified atom stereocenters. The van der Waals surface area contributed by atoms with Crippen LogP contribution in [0.15, 0.2) is 24.3 Å². The zero-order valence-electron chi connectivity index (χ0n) is 12.3. The molecule has 1 aromatic carbocycles. The molecule has 0 bridgehead atoms. The highest BCUT2D eigenvalue weighted by Crippen LogP contribution is 2.32. The highest BCUT2D eigenvalue weighted by atomic mass is 19.4. The van der Waals surface area contributed by atoms with E-state index in [9.17, 15) is 18.0 Å². The van der Waals surface area contributed by atoms with Crippen LogP contribution < -0.4 is 11.1 Å². The first kappa shape index (κ1) is 16.8. The first-order chi connectivity index (χ1) is 10.4. The maximum Gasteiger partial charge on any atom is 0.416 e. The lowest BCUT2D eigenvalue weighted by atomic mass is 9.84. The summed E-state index contributed by atoms with van der Waals surface area (Å²) in [5, 5.41) is 2.59. The Hall–Kier alpha value is -1.56. The van der Waals surface area contributed by atoms with Crippen molar-refractivity contribution in [2.75, 3.05) is 0 Å². The Morgan fingerprint density at radius 3 is 2.68 bits per heavy atom. The number of nitrogens with one attached hydrogen (secondary N) is 1. The van der Waals surface area contributed by atoms with Gasteiger partial charge in [-0.15, -0.1) is 0 Å². The number of halogens is 3. The van der Waals surface area contributed by atoms with Crippen LogP contribution in [0, 0.1) is 5.92 Å². The Balaban J connectivity index is 1.89. The van der Waals surface area contributed by atoms with Gasteiger partial charge in [0, 0.05) is 19.0 Å². The van der Waals surface area contributed by atoms with Crippen molar-refractivity contribution in [2.24, 2.45) is 11.7 Å². The van der Waals surface area contributed by atoms with Crippen LogP contribution in [0.3, 0.4) is 0 Å². The molecule has 6 heteroatoms. The molecule has 0 radical (unpaired) electrons. The second-order valence-electron chi connectivity index (χ2n) is 5.93. The van der Waals surface area contributed by atoms with Gasteiger partial charge >= 0.3 is 6.18 Å². The number of carbonyl (C=O) groups is 1. The lowest BCUT2D eigenvalue weighted by Crippen LogP contribution is -2.32. The highest BCUT2D eigenvalue weighted by Gasteiger charge is 2.32. The summed E-state index contributed by atoms with van der Waals surface area (Å²) < 4.78 is 38.6. The van der Waals surface area contributed by atoms with Crippen LogP contribution in [0.1, 0.15) is 43.2 Å². The quantitative estimate of drug-likeness (QED) is 0.896. The molecule has 0 aliphatic heterocycles. The van der Waals surface area contributed by atoms with E-state index >= 15 is 0 Å². The number of amides is 1. The zero-order chi connectivity index (χ0) is 16.2. The topological polar surface area (TPSA) is 55.1 Å². The molecule has 122 valence electrons. The van der Waals surface area contributed by atoms with Crippen molar-refractivity contribution in [3.8, 4) is 0 Å². The number of nitrogens with two attached hydrogens (primary N) is 1. The van der Waals surface area contributed by atoms with E-state index in [1.165, 1.54) is 18.2 Å². The minimum atomic E-state index is -4.41. The van der Waals surface area contributed by atoms with Crippen LogP contribution >= 0.6 is 0 Å². The van der Waals surface area contributed by atoms with Gasteiger partial charge < -0.3 is 11.1 Å². The summed E-state index contributed by atoms with van der Waals surface area (Å²) in [7, 11) is 0. The molecular formula is C16H21F3N2O. The van der Waals surface area contributed by atoms with Crippen LogP contribution in [-0.4, -0.2) is 11.9 Å². The lowest BCUT2D eigenvalue weighted by molar-refractivity contribution is -0.138. The van der Waals surface area contributed by atoms with Gasteiger partial charge in [-0.05, 0) is 36.8 Å². The molecule has 22 heavy (non-hydrogen) atoms. The second kappa shape index (κ2) is 7.13. The first-order valence-electron chi connectivity index (χ1n) is 7.53. The fraction of sp³-hybridized carbons (Fsp3) is 0.562. The molecule has 2 atom stereocenters. The van der Waals surface area contributed by atoms with Gasteiger partial charge in [-0.2, -0.15) is 13.2 Å². The Kier molecular flexibility index (Phi) is 5.45. The molecule has 0 spiro atoms. The molecule has 3 nitrogen and oxygen atoms in total. The molecule has 1 aliphatic carbocycles. The van der Waals surface area contributed by atoms with Crippen LogP contribution in [0.2, 0.25) is 0 Å². The summed E-state index contributed by atoms with van der Waals surface area (Å²) >= 11 is 0. The lowest BCUT2D eigenvalue weighted by Gasteiger charge is -2.26. The number of hydrogen-bond donors (Lipinski definition) is 2. The van der Waals surface area contributed by atoms with E-state index in [0.29, 0.717) is 6.42 Å². The van der Waals surface area contributed by atoms with Crippen molar-refractivity contribution in [3.63, 3.8) is 0 Å². The Bertz CT molecular complexity index is 516. The third-order valence-electron chi connectivity index (χ3n) is 4.10. The SMILES string of the molecule is NC1CCCC(CC(=O)NCc2ccccc2C(F)(F)F)C1. The standard InChI is InChI=1S/C16H21F3N2O/c17-16(18,19)14-7-2-1-5-12(14)10-21-15(22)9-11-4-3-6-13(20)8-11/h1-2,5,7,11,13H,3-4,6,8-10,20H2,(H,21,22). The van der Waals surface area contributed by atoms with Crippen LogP contribution in [0.5, 0.6) is 0 Å². The van der Waals surface area contributed by atoms with Gasteiger partial charge in [0.2, 0.25) is 5.91 Å². The molecule has 1 amide bonds. The summed E-state index contributed by atoms with van der Waals surface area (Å²) in [5.74, 6) is 0.0256. The van der Waals surface area contributed by atoms with Crippen LogP contribution in [0.25, 0.3) is 0 Å². The van der Waals surface area contributed by atoms with E-state index in [1.807, 2.05) is 0 Å². The third kappa shape index (κ3) is 4.73. The van der Waals surface area contributed by atoms with Crippen molar-refractivity contribution < 1.29 is 18.0 Å². The summed E-state index contributed by atoms with van der Waals surface area (Å²) in [6, 6.07) is 5.44. The Morgan fingerprint density at radius 2 is 2.00 bits per heavy atom. The summed E-state index contributed by atoms with van der Waals surface area (Å²) in [5.41, 5.74) is 5.26. The summed E-state index contributed by atoms with van der Waals surface area (Å²) in [6.45, 7) is -0.104. The minimum absolute atomic E-state index is 0.0868. The predicted molar refractivity (Wildman–Crippen MR) is 77.8 cm³/mol. The summed E-state index contributed by atoms with van der Waals surface area (Å²) in [4.78, 5) is 11.9. The molecular weight excluding hydrogens is 293 g/mol. The highest BCUT2D eigenvalue weighted by molar-refractivity contribution is 5.76. The van der Waals surface area contributed by atoms with Crippen molar-refractivity contribution in [1.82, 2.24) is 5.32 Å². The first-order valence-corrected chi connectivity index (χ1v) is 7.53. The number of carbonyl (C=O) groups excluding carboxylic acids is 1. The van der Waals surface area contributed by atoms with Gasteiger partial charge in [-0.3, -0.25) is 4.79 Å². The second-order valence-corrected chi connectivity index (χ2v) is 5.93. The molecule has 1 aliphatic rings. The van der Waals surface area contributed by atoms with Gasteiger partial charge in [-0.25, -0.2) is 0 Å². The molecule has 0 heterocycles. The number of rotatable bonds is 4. The zero-order valence-corrected chi connectivity index (χ0v) is 12.3. The Labute approximate surface area is 128 Å². The molecule has 2 rings (SSSR count). The van der Waals surface area contributed by atoms with Crippen molar-refractivity contribution in [3.05, 3.63) is 35.4 Å². The smallest absolute Gasteiger partial charge is 0.352 e. The van der Waals surface area contributed by atoms with Crippen molar-refractivity contribution in [2.45, 2.75) is 50.9 Å². The van der Waals surface area contributed by atoms with Crippen LogP contribution in [-0.2, 0) is 17.5 Å². The minimum Gasteiger partial charge on any atom is -0.352 e. The van der Waals surface area contributed by atoms with E-state index in [1.54, 1.807) is 0 Å². The fourth-order valence-corrected chi connectivity index (χ4v) is 3.00. The average Bonchev–Trinajstić information content (AvgIpc) is 2.44. The van der Waals surface area contributed by atoms with Gasteiger partial charge in [0.1, 0.15) is 0 Å². The number of hydrogen-bond acceptors (Lipinski definition) is 2. The normalized spacial score (nSPS) is 22.4. The fourth-order valence-electron chi connectivity index (χ4n) is 3.00. The average molecular weight is 314 g/mol. The third-order valence-corrected chi connectivity index (χ3v) is 4.10. The predicted octanol–water partition coefficient (Wildman–Crippen LogP) is 3.23. The van der Waals surface area contributed by atoms with Gasteiger partial charge in [-0.1, -0.05) is 24.6 Å². The molecule has 1 saturated carbocycles. The van der Waals surface area contributed by atoms with Gasteiger partial charge in [0.25, 0.3) is 0 Å². The number of benzene rings is 1. The van der Waals surface area contributed by atoms with Gasteiger partial charge in [0.05, 0.1) is 5.56 Å². The summed E-state index contributed by atoms with van der Waals surface area (Å²) in [6.07, 6.45) is -0.306. The van der Waals surface area contributed by atoms with E-state index in [0.717, 1.165) is 31.7 Å². The Morgan fingerprint density at radius 1 is 1.27 bits per heavy atom. The monoisotopic (exact) mass is 314 g/mol. The van der Waals surface area contributed by atoms with Crippen LogP contribution in [0.4, 0.5) is 13.2 Å². The van der Waals surface area contributed by atoms with E-state index in [2.05, 4.69) is 5.32 Å². The van der Waals surface area contributed by atoms with Gasteiger partial charge in [0.15, 0.2) is 0 Å². The maximum atomic E-state index is 12.9.